The first kappa shape index (κ1) is 17.6. The van der Waals surface area contributed by atoms with E-state index in [-0.39, 0.29) is 17.0 Å². The number of benzene rings is 1. The number of carboxylic acids is 1. The predicted octanol–water partition coefficient (Wildman–Crippen LogP) is 0.577. The number of rotatable bonds is 6. The molecular formula is C16H13N3O6. The monoisotopic (exact) mass is 343 g/mol. The summed E-state index contributed by atoms with van der Waals surface area (Å²) in [6, 6.07) is 6.56. The van der Waals surface area contributed by atoms with Gasteiger partial charge in [0.05, 0.1) is 12.8 Å². The first-order valence-corrected chi connectivity index (χ1v) is 6.92. The Bertz CT molecular complexity index is 981. The molecule has 0 aliphatic heterocycles. The molecule has 1 heterocycles. The van der Waals surface area contributed by atoms with Crippen LogP contribution in [0.15, 0.2) is 27.8 Å². The molecular weight excluding hydrogens is 330 g/mol. The van der Waals surface area contributed by atoms with E-state index >= 15 is 0 Å². The molecule has 1 aromatic heterocycles. The average molecular weight is 343 g/mol. The Morgan fingerprint density at radius 2 is 2.08 bits per heavy atom. The number of aromatic amines is 2. The molecule has 9 nitrogen and oxygen atoms in total. The van der Waals surface area contributed by atoms with Crippen molar-refractivity contribution in [3.05, 3.63) is 55.9 Å². The van der Waals surface area contributed by atoms with Gasteiger partial charge >= 0.3 is 11.7 Å². The molecule has 1 aromatic carbocycles. The van der Waals surface area contributed by atoms with Gasteiger partial charge in [0.15, 0.2) is 18.1 Å². The third-order valence-electron chi connectivity index (χ3n) is 3.08. The molecule has 0 atom stereocenters. The van der Waals surface area contributed by atoms with Crippen LogP contribution in [0.4, 0.5) is 0 Å². The fourth-order valence-corrected chi connectivity index (χ4v) is 2.03. The summed E-state index contributed by atoms with van der Waals surface area (Å²) in [5.74, 6) is -0.677. The summed E-state index contributed by atoms with van der Waals surface area (Å²) in [5.41, 5.74) is -1.36. The van der Waals surface area contributed by atoms with E-state index in [0.717, 1.165) is 0 Å². The molecule has 2 aromatic rings. The van der Waals surface area contributed by atoms with Crippen molar-refractivity contribution in [3.63, 3.8) is 0 Å². The lowest BCUT2D eigenvalue weighted by Gasteiger charge is -2.11. The summed E-state index contributed by atoms with van der Waals surface area (Å²) in [4.78, 5) is 38.0. The molecule has 9 heteroatoms. The second-order valence-electron chi connectivity index (χ2n) is 4.70. The topological polar surface area (TPSA) is 145 Å². The molecule has 3 N–H and O–H groups in total. The van der Waals surface area contributed by atoms with Crippen LogP contribution in [-0.2, 0) is 4.79 Å². The Morgan fingerprint density at radius 1 is 1.32 bits per heavy atom. The van der Waals surface area contributed by atoms with Crippen LogP contribution in [0.2, 0.25) is 0 Å². The van der Waals surface area contributed by atoms with Crippen LogP contribution >= 0.6 is 0 Å². The molecule has 0 spiro atoms. The van der Waals surface area contributed by atoms with Crippen LogP contribution < -0.4 is 20.7 Å². The van der Waals surface area contributed by atoms with Crippen LogP contribution in [-0.4, -0.2) is 34.8 Å². The maximum Gasteiger partial charge on any atom is 0.341 e. The number of nitrogens with zero attached hydrogens (tertiary/aromatic N) is 1. The third-order valence-corrected chi connectivity index (χ3v) is 3.08. The van der Waals surface area contributed by atoms with Crippen molar-refractivity contribution in [2.45, 2.75) is 0 Å². The highest BCUT2D eigenvalue weighted by molar-refractivity contribution is 5.75. The second kappa shape index (κ2) is 7.65. The van der Waals surface area contributed by atoms with Crippen molar-refractivity contribution in [1.82, 2.24) is 9.97 Å². The number of nitriles is 1. The molecule has 2 rings (SSSR count). The van der Waals surface area contributed by atoms with E-state index in [2.05, 4.69) is 4.98 Å². The van der Waals surface area contributed by atoms with E-state index in [1.165, 1.54) is 19.3 Å². The van der Waals surface area contributed by atoms with Gasteiger partial charge in [-0.25, -0.2) is 9.59 Å². The van der Waals surface area contributed by atoms with Gasteiger partial charge in [-0.2, -0.15) is 5.26 Å². The minimum absolute atomic E-state index is 0.0169. The van der Waals surface area contributed by atoms with Crippen molar-refractivity contribution >= 4 is 18.1 Å². The van der Waals surface area contributed by atoms with Crippen molar-refractivity contribution in [1.29, 1.82) is 5.26 Å². The van der Waals surface area contributed by atoms with Crippen LogP contribution in [0.3, 0.4) is 0 Å². The fourth-order valence-electron chi connectivity index (χ4n) is 2.03. The van der Waals surface area contributed by atoms with Gasteiger partial charge < -0.3 is 19.6 Å². The Kier molecular flexibility index (Phi) is 5.37. The van der Waals surface area contributed by atoms with Crippen LogP contribution in [0, 0.1) is 11.3 Å². The number of carbonyl (C=O) groups is 1. The highest BCUT2D eigenvalue weighted by atomic mass is 16.5. The molecule has 25 heavy (non-hydrogen) atoms. The summed E-state index contributed by atoms with van der Waals surface area (Å²) >= 11 is 0. The van der Waals surface area contributed by atoms with Gasteiger partial charge in [0.2, 0.25) is 0 Å². The van der Waals surface area contributed by atoms with Crippen molar-refractivity contribution in [2.24, 2.45) is 0 Å². The summed E-state index contributed by atoms with van der Waals surface area (Å²) in [7, 11) is 1.40. The highest BCUT2D eigenvalue weighted by Crippen LogP contribution is 2.32. The Balaban J connectivity index is 2.49. The van der Waals surface area contributed by atoms with Crippen molar-refractivity contribution in [3.8, 4) is 17.6 Å². The van der Waals surface area contributed by atoms with Crippen LogP contribution in [0.5, 0.6) is 11.5 Å². The average Bonchev–Trinajstić information content (AvgIpc) is 2.57. The molecule has 0 amide bonds. The number of aromatic nitrogens is 2. The van der Waals surface area contributed by atoms with E-state index in [4.69, 9.17) is 19.8 Å². The zero-order valence-electron chi connectivity index (χ0n) is 13.0. The largest absolute Gasteiger partial charge is 0.493 e. The lowest BCUT2D eigenvalue weighted by Crippen LogP contribution is -2.25. The van der Waals surface area contributed by atoms with Gasteiger partial charge in [0.25, 0.3) is 5.56 Å². The molecule has 0 saturated heterocycles. The number of H-pyrrole nitrogens is 2. The van der Waals surface area contributed by atoms with Gasteiger partial charge in [0, 0.05) is 5.56 Å². The van der Waals surface area contributed by atoms with Gasteiger partial charge in [-0.15, -0.1) is 0 Å². The number of ether oxygens (including phenoxy) is 2. The number of nitrogens with one attached hydrogen (secondary N) is 2. The SMILES string of the molecule is COc1cccc(/C=C/c2[nH]c(=O)[nH]c(=O)c2C#N)c1OCC(=O)O. The summed E-state index contributed by atoms with van der Waals surface area (Å²) in [5, 5.41) is 17.8. The lowest BCUT2D eigenvalue weighted by molar-refractivity contribution is -0.139. The van der Waals surface area contributed by atoms with E-state index in [0.29, 0.717) is 11.3 Å². The predicted molar refractivity (Wildman–Crippen MR) is 87.5 cm³/mol. The summed E-state index contributed by atoms with van der Waals surface area (Å²) < 4.78 is 10.4. The minimum Gasteiger partial charge on any atom is -0.493 e. The fraction of sp³-hybridized carbons (Fsp3) is 0.125. The maximum absolute atomic E-state index is 11.6. The first-order valence-electron chi connectivity index (χ1n) is 6.92. The number of hydrogen-bond acceptors (Lipinski definition) is 6. The van der Waals surface area contributed by atoms with E-state index in [1.54, 1.807) is 24.3 Å². The summed E-state index contributed by atoms with van der Waals surface area (Å²) in [6.07, 6.45) is 2.81. The Hall–Kier alpha value is -3.80. The normalized spacial score (nSPS) is 10.4. The number of methoxy groups -OCH3 is 1. The summed E-state index contributed by atoms with van der Waals surface area (Å²) in [6.45, 7) is -0.577. The Labute approximate surface area is 140 Å². The van der Waals surface area contributed by atoms with Gasteiger partial charge in [-0.05, 0) is 18.2 Å². The zero-order valence-corrected chi connectivity index (χ0v) is 13.0. The van der Waals surface area contributed by atoms with Crippen molar-refractivity contribution in [2.75, 3.05) is 13.7 Å². The smallest absolute Gasteiger partial charge is 0.341 e. The second-order valence-corrected chi connectivity index (χ2v) is 4.70. The third kappa shape index (κ3) is 4.14. The quantitative estimate of drug-likeness (QED) is 0.695. The number of hydrogen-bond donors (Lipinski definition) is 3. The maximum atomic E-state index is 11.6. The molecule has 0 saturated carbocycles. The van der Waals surface area contributed by atoms with E-state index in [1.807, 2.05) is 4.98 Å². The molecule has 0 fully saturated rings. The minimum atomic E-state index is -1.16. The molecule has 0 bridgehead atoms. The molecule has 0 aliphatic carbocycles. The van der Waals surface area contributed by atoms with Crippen LogP contribution in [0.25, 0.3) is 12.2 Å². The number of para-hydroxylation sites is 1. The lowest BCUT2D eigenvalue weighted by atomic mass is 10.1. The Morgan fingerprint density at radius 3 is 2.72 bits per heavy atom. The number of carboxylic acid groups (broad SMARTS) is 1. The highest BCUT2D eigenvalue weighted by Gasteiger charge is 2.11. The van der Waals surface area contributed by atoms with Crippen LogP contribution in [0.1, 0.15) is 16.8 Å². The molecule has 0 unspecified atom stereocenters. The van der Waals surface area contributed by atoms with E-state index < -0.39 is 23.8 Å². The van der Waals surface area contributed by atoms with Gasteiger partial charge in [0.1, 0.15) is 11.6 Å². The molecule has 0 radical (unpaired) electrons. The first-order chi connectivity index (χ1) is 12.0. The van der Waals surface area contributed by atoms with E-state index in [9.17, 15) is 14.4 Å². The zero-order chi connectivity index (χ0) is 18.4. The van der Waals surface area contributed by atoms with Crippen molar-refractivity contribution < 1.29 is 19.4 Å². The number of aliphatic carboxylic acids is 1. The van der Waals surface area contributed by atoms with Gasteiger partial charge in [-0.3, -0.25) is 9.78 Å². The standard InChI is InChI=1S/C16H13N3O6/c1-24-12-4-2-3-9(14(12)25-8-13(20)21)5-6-11-10(7-17)15(22)19-16(23)18-11/h2-6H,8H2,1H3,(H,20,21)(H2,18,19,22,23)/b6-5+. The molecule has 0 aliphatic rings. The van der Waals surface area contributed by atoms with Gasteiger partial charge in [-0.1, -0.05) is 12.1 Å². The molecule has 128 valence electrons.